The number of carbonyl (C=O) groups excluding carboxylic acids is 1. The van der Waals surface area contributed by atoms with Crippen LogP contribution in [-0.4, -0.2) is 23.2 Å². The number of aromatic nitrogens is 1. The molecule has 2 fully saturated rings. The van der Waals surface area contributed by atoms with E-state index in [4.69, 9.17) is 13.9 Å². The second kappa shape index (κ2) is 7.96. The molecule has 0 N–H and O–H groups in total. The van der Waals surface area contributed by atoms with Gasteiger partial charge in [-0.05, 0) is 74.8 Å². The molecule has 2 saturated carbocycles. The lowest BCUT2D eigenvalue weighted by molar-refractivity contribution is -0.190. The molecule has 3 aliphatic rings. The highest BCUT2D eigenvalue weighted by atomic mass is 16.5. The molecule has 34 heavy (non-hydrogen) atoms. The van der Waals surface area contributed by atoms with E-state index in [1.165, 1.54) is 0 Å². The fourth-order valence-electron chi connectivity index (χ4n) is 7.63. The van der Waals surface area contributed by atoms with Gasteiger partial charge in [0.1, 0.15) is 17.1 Å². The Morgan fingerprint density at radius 1 is 1.18 bits per heavy atom. The minimum Gasteiger partial charge on any atom is -0.487 e. The summed E-state index contributed by atoms with van der Waals surface area (Å²) in [6.07, 6.45) is 7.61. The third-order valence-corrected chi connectivity index (χ3v) is 9.30. The molecule has 2 aromatic heterocycles. The fourth-order valence-corrected chi connectivity index (χ4v) is 7.63. The number of hydrogen-bond acceptors (Lipinski definition) is 6. The molecule has 1 aliphatic heterocycles. The molecule has 2 aromatic rings. The van der Waals surface area contributed by atoms with E-state index in [-0.39, 0.29) is 39.9 Å². The Balaban J connectivity index is 1.51. The van der Waals surface area contributed by atoms with E-state index in [9.17, 15) is 9.59 Å². The average molecular weight is 466 g/mol. The van der Waals surface area contributed by atoms with E-state index in [1.54, 1.807) is 12.4 Å². The normalized spacial score (nSPS) is 33.6. The van der Waals surface area contributed by atoms with Crippen LogP contribution in [0.25, 0.3) is 11.3 Å². The molecule has 5 unspecified atom stereocenters. The first-order valence-electron chi connectivity index (χ1n) is 12.5. The molecule has 0 amide bonds. The van der Waals surface area contributed by atoms with Crippen LogP contribution in [0, 0.1) is 28.6 Å². The zero-order valence-electron chi connectivity index (χ0n) is 20.8. The second-order valence-electron chi connectivity index (χ2n) is 11.4. The van der Waals surface area contributed by atoms with E-state index >= 15 is 0 Å². The highest BCUT2D eigenvalue weighted by Crippen LogP contribution is 2.65. The van der Waals surface area contributed by atoms with Crippen molar-refractivity contribution >= 4 is 5.97 Å². The smallest absolute Gasteiger partial charge is 0.343 e. The van der Waals surface area contributed by atoms with Crippen molar-refractivity contribution in [2.45, 2.75) is 72.3 Å². The lowest BCUT2D eigenvalue weighted by Crippen LogP contribution is -2.63. The number of hydrogen-bond donors (Lipinski definition) is 0. The van der Waals surface area contributed by atoms with Crippen LogP contribution in [0.15, 0.2) is 39.8 Å². The maximum atomic E-state index is 13.1. The molecule has 3 heterocycles. The summed E-state index contributed by atoms with van der Waals surface area (Å²) in [5.74, 6) is 1.45. The summed E-state index contributed by atoms with van der Waals surface area (Å²) in [4.78, 5) is 30.0. The number of esters is 1. The van der Waals surface area contributed by atoms with E-state index in [0.29, 0.717) is 36.0 Å². The fraction of sp³-hybridized carbons (Fsp3) is 0.607. The molecular formula is C28H35NO5. The van der Waals surface area contributed by atoms with Crippen molar-refractivity contribution in [2.75, 3.05) is 6.61 Å². The topological polar surface area (TPSA) is 78.6 Å². The van der Waals surface area contributed by atoms with Crippen LogP contribution in [0.2, 0.25) is 0 Å². The summed E-state index contributed by atoms with van der Waals surface area (Å²) in [6, 6.07) is 5.55. The van der Waals surface area contributed by atoms with Crippen molar-refractivity contribution in [2.24, 2.45) is 28.6 Å². The molecule has 0 radical (unpaired) electrons. The largest absolute Gasteiger partial charge is 0.487 e. The lowest BCUT2D eigenvalue weighted by atomic mass is 9.42. The summed E-state index contributed by atoms with van der Waals surface area (Å²) in [5, 5.41) is 0. The van der Waals surface area contributed by atoms with Gasteiger partial charge in [-0.2, -0.15) is 0 Å². The van der Waals surface area contributed by atoms with Crippen LogP contribution in [0.3, 0.4) is 0 Å². The van der Waals surface area contributed by atoms with Gasteiger partial charge in [-0.25, -0.2) is 4.79 Å². The van der Waals surface area contributed by atoms with Gasteiger partial charge in [0.25, 0.3) is 0 Å². The zero-order chi connectivity index (χ0) is 24.3. The predicted molar refractivity (Wildman–Crippen MR) is 128 cm³/mol. The van der Waals surface area contributed by atoms with E-state index < -0.39 is 0 Å². The summed E-state index contributed by atoms with van der Waals surface area (Å²) in [7, 11) is 0. The summed E-state index contributed by atoms with van der Waals surface area (Å²) in [5.41, 5.74) is 0.450. The first-order chi connectivity index (χ1) is 16.1. The van der Waals surface area contributed by atoms with Crippen LogP contribution in [0.1, 0.15) is 65.9 Å². The summed E-state index contributed by atoms with van der Waals surface area (Å²) in [6.45, 7) is 11.3. The minimum absolute atomic E-state index is 0.0500. The molecule has 0 saturated heterocycles. The monoisotopic (exact) mass is 465 g/mol. The highest BCUT2D eigenvalue weighted by Gasteiger charge is 2.63. The predicted octanol–water partition coefficient (Wildman–Crippen LogP) is 5.43. The lowest BCUT2D eigenvalue weighted by Gasteiger charge is -2.64. The Morgan fingerprint density at radius 2 is 1.97 bits per heavy atom. The molecule has 5 atom stereocenters. The number of ether oxygens (including phenoxy) is 2. The van der Waals surface area contributed by atoms with Crippen LogP contribution in [-0.2, 0) is 16.0 Å². The van der Waals surface area contributed by atoms with Gasteiger partial charge < -0.3 is 13.9 Å². The first-order valence-corrected chi connectivity index (χ1v) is 12.5. The number of rotatable bonds is 3. The standard InChI is InChI=1S/C28H35NO5/c1-6-32-25(31)19-9-11-27(4)22(26(19,2)3)10-12-28(5)23(27)14-18-21(34-28)15-20(33-24(18)30)17-8-7-13-29-16-17/h7-8,13,15-16,19,22-23H,6,9-12,14H2,1-5H3. The van der Waals surface area contributed by atoms with Crippen molar-refractivity contribution in [1.82, 2.24) is 4.98 Å². The molecular weight excluding hydrogens is 430 g/mol. The molecule has 182 valence electrons. The summed E-state index contributed by atoms with van der Waals surface area (Å²) < 4.78 is 17.9. The van der Waals surface area contributed by atoms with Crippen LogP contribution < -0.4 is 10.4 Å². The molecule has 5 rings (SSSR count). The summed E-state index contributed by atoms with van der Waals surface area (Å²) >= 11 is 0. The SMILES string of the molecule is CCOC(=O)C1CCC2(C)C3Cc4c(cc(-c5cccnc5)oc4=O)OC3(C)CCC2C1(C)C. The molecule has 0 bridgehead atoms. The number of carbonyl (C=O) groups is 1. The molecule has 0 spiro atoms. The Kier molecular flexibility index (Phi) is 5.41. The number of pyridine rings is 1. The van der Waals surface area contributed by atoms with Gasteiger partial charge in [0.2, 0.25) is 0 Å². The Hall–Kier alpha value is -2.63. The van der Waals surface area contributed by atoms with Crippen LogP contribution in [0.4, 0.5) is 0 Å². The van der Waals surface area contributed by atoms with E-state index in [2.05, 4.69) is 32.7 Å². The molecule has 2 aliphatic carbocycles. The van der Waals surface area contributed by atoms with E-state index in [0.717, 1.165) is 31.2 Å². The maximum absolute atomic E-state index is 13.1. The van der Waals surface area contributed by atoms with Gasteiger partial charge in [0, 0.05) is 29.9 Å². The first kappa shape index (κ1) is 23.1. The Morgan fingerprint density at radius 3 is 2.68 bits per heavy atom. The molecule has 6 heteroatoms. The van der Waals surface area contributed by atoms with Crippen molar-refractivity contribution in [3.8, 4) is 17.1 Å². The van der Waals surface area contributed by atoms with Gasteiger partial charge in [0.15, 0.2) is 0 Å². The van der Waals surface area contributed by atoms with Crippen molar-refractivity contribution in [3.63, 3.8) is 0 Å². The Labute approximate surface area is 201 Å². The van der Waals surface area contributed by atoms with E-state index in [1.807, 2.05) is 25.1 Å². The van der Waals surface area contributed by atoms with Gasteiger partial charge in [-0.1, -0.05) is 20.8 Å². The van der Waals surface area contributed by atoms with Gasteiger partial charge >= 0.3 is 11.6 Å². The van der Waals surface area contributed by atoms with Gasteiger partial charge in [-0.3, -0.25) is 9.78 Å². The molecule has 6 nitrogen and oxygen atoms in total. The average Bonchev–Trinajstić information content (AvgIpc) is 2.78. The van der Waals surface area contributed by atoms with Crippen LogP contribution in [0.5, 0.6) is 5.75 Å². The quantitative estimate of drug-likeness (QED) is 0.563. The zero-order valence-corrected chi connectivity index (χ0v) is 20.8. The number of fused-ring (bicyclic) bond motifs is 4. The van der Waals surface area contributed by atoms with Crippen molar-refractivity contribution in [3.05, 3.63) is 46.6 Å². The van der Waals surface area contributed by atoms with Gasteiger partial charge in [0.05, 0.1) is 18.1 Å². The second-order valence-corrected chi connectivity index (χ2v) is 11.4. The number of nitrogens with zero attached hydrogens (tertiary/aromatic N) is 1. The minimum atomic E-state index is -0.370. The van der Waals surface area contributed by atoms with Crippen LogP contribution >= 0.6 is 0 Å². The third-order valence-electron chi connectivity index (χ3n) is 9.30. The van der Waals surface area contributed by atoms with Crippen molar-refractivity contribution < 1.29 is 18.7 Å². The highest BCUT2D eigenvalue weighted by molar-refractivity contribution is 5.73. The third kappa shape index (κ3) is 3.40. The van der Waals surface area contributed by atoms with Gasteiger partial charge in [-0.15, -0.1) is 0 Å². The van der Waals surface area contributed by atoms with Crippen molar-refractivity contribution in [1.29, 1.82) is 0 Å². The Bertz CT molecular complexity index is 1160. The molecule has 0 aromatic carbocycles. The maximum Gasteiger partial charge on any atom is 0.343 e.